The molecule has 1 aliphatic rings. The molecule has 0 unspecified atom stereocenters. The average molecular weight is 269 g/mol. The largest absolute Gasteiger partial charge is 0.380 e. The first-order chi connectivity index (χ1) is 9.22. The van der Waals surface area contributed by atoms with Crippen molar-refractivity contribution >= 4 is 5.96 Å². The van der Waals surface area contributed by atoms with Gasteiger partial charge in [0.05, 0.1) is 6.61 Å². The zero-order chi connectivity index (χ0) is 13.9. The summed E-state index contributed by atoms with van der Waals surface area (Å²) in [6, 6.07) is 0. The number of aliphatic imine (C=N–C) groups is 1. The Bertz CT molecular complexity index is 250. The minimum absolute atomic E-state index is 0.717. The number of hydrogen-bond acceptors (Lipinski definition) is 2. The van der Waals surface area contributed by atoms with E-state index in [-0.39, 0.29) is 0 Å². The third-order valence-corrected chi connectivity index (χ3v) is 3.23. The number of nitrogens with one attached hydrogen (secondary N) is 2. The zero-order valence-corrected chi connectivity index (χ0v) is 12.9. The minimum Gasteiger partial charge on any atom is -0.380 e. The van der Waals surface area contributed by atoms with Crippen molar-refractivity contribution in [3.05, 3.63) is 0 Å². The first-order valence-corrected chi connectivity index (χ1v) is 7.82. The SMILES string of the molecule is CCNC(=NCCC1CC1)NCCOCCC(C)C. The van der Waals surface area contributed by atoms with Crippen LogP contribution in [0.5, 0.6) is 0 Å². The molecular weight excluding hydrogens is 238 g/mol. The average Bonchev–Trinajstić information content (AvgIpc) is 3.17. The molecule has 4 heteroatoms. The Morgan fingerprint density at radius 3 is 2.68 bits per heavy atom. The summed E-state index contributed by atoms with van der Waals surface area (Å²) in [6.45, 7) is 10.8. The van der Waals surface area contributed by atoms with Crippen molar-refractivity contribution < 1.29 is 4.74 Å². The molecule has 0 spiro atoms. The molecule has 0 bridgehead atoms. The molecule has 4 nitrogen and oxygen atoms in total. The molecule has 1 rings (SSSR count). The summed E-state index contributed by atoms with van der Waals surface area (Å²) >= 11 is 0. The second-order valence-electron chi connectivity index (χ2n) is 5.71. The molecule has 0 aromatic carbocycles. The van der Waals surface area contributed by atoms with Gasteiger partial charge in [-0.2, -0.15) is 0 Å². The molecule has 1 saturated carbocycles. The summed E-state index contributed by atoms with van der Waals surface area (Å²) in [6.07, 6.45) is 5.18. The Hall–Kier alpha value is -0.770. The van der Waals surface area contributed by atoms with E-state index in [1.54, 1.807) is 0 Å². The third-order valence-electron chi connectivity index (χ3n) is 3.23. The van der Waals surface area contributed by atoms with Crippen molar-refractivity contribution in [1.82, 2.24) is 10.6 Å². The van der Waals surface area contributed by atoms with Gasteiger partial charge >= 0.3 is 0 Å². The van der Waals surface area contributed by atoms with Gasteiger partial charge in [0.25, 0.3) is 0 Å². The predicted octanol–water partition coefficient (Wildman–Crippen LogP) is 2.40. The molecule has 112 valence electrons. The summed E-state index contributed by atoms with van der Waals surface area (Å²) in [5.74, 6) is 2.59. The smallest absolute Gasteiger partial charge is 0.191 e. The van der Waals surface area contributed by atoms with Gasteiger partial charge in [-0.1, -0.05) is 26.7 Å². The second kappa shape index (κ2) is 10.1. The molecule has 2 N–H and O–H groups in total. The lowest BCUT2D eigenvalue weighted by Gasteiger charge is -2.12. The Balaban J connectivity index is 2.03. The fraction of sp³-hybridized carbons (Fsp3) is 0.933. The highest BCUT2D eigenvalue weighted by Crippen LogP contribution is 2.31. The van der Waals surface area contributed by atoms with Gasteiger partial charge in [-0.25, -0.2) is 0 Å². The van der Waals surface area contributed by atoms with E-state index in [4.69, 9.17) is 4.74 Å². The van der Waals surface area contributed by atoms with Gasteiger partial charge in [0, 0.05) is 26.2 Å². The highest BCUT2D eigenvalue weighted by Gasteiger charge is 2.20. The van der Waals surface area contributed by atoms with Crippen LogP contribution >= 0.6 is 0 Å². The summed E-state index contributed by atoms with van der Waals surface area (Å²) in [7, 11) is 0. The van der Waals surface area contributed by atoms with E-state index in [1.807, 2.05) is 0 Å². The van der Waals surface area contributed by atoms with Crippen LogP contribution in [0.4, 0.5) is 0 Å². The van der Waals surface area contributed by atoms with Crippen LogP contribution in [0.25, 0.3) is 0 Å². The van der Waals surface area contributed by atoms with Crippen LogP contribution in [0.1, 0.15) is 46.5 Å². The van der Waals surface area contributed by atoms with Gasteiger partial charge in [0.1, 0.15) is 0 Å². The van der Waals surface area contributed by atoms with Crippen LogP contribution in [-0.4, -0.2) is 38.8 Å². The molecule has 0 aliphatic heterocycles. The molecule has 0 saturated heterocycles. The molecule has 0 amide bonds. The Morgan fingerprint density at radius 2 is 2.05 bits per heavy atom. The molecule has 0 radical (unpaired) electrons. The maximum atomic E-state index is 5.58. The lowest BCUT2D eigenvalue weighted by molar-refractivity contribution is 0.128. The monoisotopic (exact) mass is 269 g/mol. The van der Waals surface area contributed by atoms with Crippen molar-refractivity contribution in [2.75, 3.05) is 32.8 Å². The van der Waals surface area contributed by atoms with E-state index in [0.29, 0.717) is 5.92 Å². The Kier molecular flexibility index (Phi) is 8.63. The molecule has 1 aliphatic carbocycles. The molecule has 1 fully saturated rings. The van der Waals surface area contributed by atoms with E-state index in [2.05, 4.69) is 36.4 Å². The number of rotatable bonds is 10. The molecule has 0 heterocycles. The lowest BCUT2D eigenvalue weighted by Crippen LogP contribution is -2.39. The Labute approximate surface area is 118 Å². The summed E-state index contributed by atoms with van der Waals surface area (Å²) < 4.78 is 5.58. The summed E-state index contributed by atoms with van der Waals surface area (Å²) in [4.78, 5) is 4.58. The third kappa shape index (κ3) is 9.77. The van der Waals surface area contributed by atoms with E-state index in [1.165, 1.54) is 19.3 Å². The van der Waals surface area contributed by atoms with Crippen molar-refractivity contribution in [1.29, 1.82) is 0 Å². The van der Waals surface area contributed by atoms with Crippen LogP contribution in [0.2, 0.25) is 0 Å². The molecule has 0 aromatic rings. The minimum atomic E-state index is 0.717. The first-order valence-electron chi connectivity index (χ1n) is 7.82. The van der Waals surface area contributed by atoms with Crippen LogP contribution in [0.15, 0.2) is 4.99 Å². The summed E-state index contributed by atoms with van der Waals surface area (Å²) in [5, 5.41) is 6.59. The lowest BCUT2D eigenvalue weighted by atomic mass is 10.1. The molecule has 0 aromatic heterocycles. The van der Waals surface area contributed by atoms with E-state index >= 15 is 0 Å². The fourth-order valence-corrected chi connectivity index (χ4v) is 1.77. The highest BCUT2D eigenvalue weighted by atomic mass is 16.5. The van der Waals surface area contributed by atoms with Crippen molar-refractivity contribution in [3.8, 4) is 0 Å². The normalized spacial score (nSPS) is 15.9. The highest BCUT2D eigenvalue weighted by molar-refractivity contribution is 5.79. The van der Waals surface area contributed by atoms with Crippen molar-refractivity contribution in [2.45, 2.75) is 46.5 Å². The van der Waals surface area contributed by atoms with Crippen LogP contribution < -0.4 is 10.6 Å². The Morgan fingerprint density at radius 1 is 1.26 bits per heavy atom. The number of hydrogen-bond donors (Lipinski definition) is 2. The topological polar surface area (TPSA) is 45.7 Å². The molecular formula is C15H31N3O. The molecule has 19 heavy (non-hydrogen) atoms. The van der Waals surface area contributed by atoms with Gasteiger partial charge in [0.15, 0.2) is 5.96 Å². The van der Waals surface area contributed by atoms with Gasteiger partial charge < -0.3 is 15.4 Å². The van der Waals surface area contributed by atoms with E-state index in [0.717, 1.165) is 51.1 Å². The van der Waals surface area contributed by atoms with E-state index < -0.39 is 0 Å². The maximum Gasteiger partial charge on any atom is 0.191 e. The van der Waals surface area contributed by atoms with Crippen LogP contribution in [0.3, 0.4) is 0 Å². The van der Waals surface area contributed by atoms with Crippen molar-refractivity contribution in [3.63, 3.8) is 0 Å². The van der Waals surface area contributed by atoms with E-state index in [9.17, 15) is 0 Å². The van der Waals surface area contributed by atoms with Gasteiger partial charge in [-0.05, 0) is 31.6 Å². The fourth-order valence-electron chi connectivity index (χ4n) is 1.77. The zero-order valence-electron chi connectivity index (χ0n) is 12.9. The van der Waals surface area contributed by atoms with Gasteiger partial charge in [0.2, 0.25) is 0 Å². The maximum absolute atomic E-state index is 5.58. The predicted molar refractivity (Wildman–Crippen MR) is 81.6 cm³/mol. The molecule has 0 atom stereocenters. The van der Waals surface area contributed by atoms with Crippen LogP contribution in [0, 0.1) is 11.8 Å². The first kappa shape index (κ1) is 16.3. The van der Waals surface area contributed by atoms with Crippen molar-refractivity contribution in [2.24, 2.45) is 16.8 Å². The number of guanidine groups is 1. The van der Waals surface area contributed by atoms with Crippen LogP contribution in [-0.2, 0) is 4.74 Å². The quantitative estimate of drug-likeness (QED) is 0.364. The second-order valence-corrected chi connectivity index (χ2v) is 5.71. The van der Waals surface area contributed by atoms with Gasteiger partial charge in [-0.3, -0.25) is 4.99 Å². The standard InChI is InChI=1S/C15H31N3O/c1-4-16-15(17-9-7-14-5-6-14)18-10-12-19-11-8-13(2)3/h13-14H,4-12H2,1-3H3,(H2,16,17,18). The van der Waals surface area contributed by atoms with Gasteiger partial charge in [-0.15, -0.1) is 0 Å². The number of nitrogens with zero attached hydrogens (tertiary/aromatic N) is 1. The number of ether oxygens (including phenoxy) is 1. The summed E-state index contributed by atoms with van der Waals surface area (Å²) in [5.41, 5.74) is 0.